The number of phosphoric ester groups is 2. The summed E-state index contributed by atoms with van der Waals surface area (Å²) in [6.07, 6.45) is -7.46. The molecule has 0 aromatic rings. The highest BCUT2D eigenvalue weighted by Crippen LogP contribution is 2.51. The van der Waals surface area contributed by atoms with Crippen LogP contribution in [-0.4, -0.2) is 97.5 Å². The van der Waals surface area contributed by atoms with Gasteiger partial charge in [0.15, 0.2) is 0 Å². The Hall–Kier alpha value is 0.190. The first-order valence-electron chi connectivity index (χ1n) is 7.97. The number of ether oxygens (including phenoxy) is 2. The molecule has 0 aliphatic carbocycles. The number of hydrogen-bond acceptors (Lipinski definition) is 10. The minimum absolute atomic E-state index is 0.566. The summed E-state index contributed by atoms with van der Waals surface area (Å²) < 4.78 is 54.8. The van der Waals surface area contributed by atoms with Gasteiger partial charge in [-0.3, -0.25) is 18.1 Å². The largest absolute Gasteiger partial charge is 0.472 e. The molecule has 26 heavy (non-hydrogen) atoms. The van der Waals surface area contributed by atoms with Crippen LogP contribution in [0.2, 0.25) is 0 Å². The molecule has 0 bridgehead atoms. The quantitative estimate of drug-likeness (QED) is 0.227. The Morgan fingerprint density at radius 2 is 1.12 bits per heavy atom. The Bertz CT molecular complexity index is 571. The summed E-state index contributed by atoms with van der Waals surface area (Å²) in [6.45, 7) is -1.13. The monoisotopic (exact) mass is 416 g/mol. The van der Waals surface area contributed by atoms with E-state index < -0.39 is 77.5 Å². The van der Waals surface area contributed by atoms with Crippen LogP contribution in [0.5, 0.6) is 0 Å². The number of hydrogen-bond donors (Lipinski definition) is 4. The third kappa shape index (κ3) is 4.43. The van der Waals surface area contributed by atoms with Crippen LogP contribution >= 0.6 is 15.6 Å². The van der Waals surface area contributed by atoms with Crippen molar-refractivity contribution in [3.63, 3.8) is 0 Å². The summed E-state index contributed by atoms with van der Waals surface area (Å²) in [4.78, 5) is 19.8. The average Bonchev–Trinajstić information content (AvgIpc) is 2.95. The SMILES string of the molecule is B[C@@H]1O[C@@H]2COP(=O)(O)OC3[C@@H](COP(=O)(O)O[C@@H]2C1O)O[C@@H](B)[C@H]3O. The molecule has 0 saturated carbocycles. The van der Waals surface area contributed by atoms with Gasteiger partial charge in [-0.25, -0.2) is 9.13 Å². The Kier molecular flexibility index (Phi) is 6.07. The molecule has 0 amide bonds. The van der Waals surface area contributed by atoms with E-state index in [4.69, 9.17) is 27.6 Å². The Morgan fingerprint density at radius 3 is 1.46 bits per heavy atom. The molecule has 4 unspecified atom stereocenters. The van der Waals surface area contributed by atoms with E-state index in [1.807, 2.05) is 0 Å². The van der Waals surface area contributed by atoms with E-state index in [0.29, 0.717) is 0 Å². The molecule has 148 valence electrons. The lowest BCUT2D eigenvalue weighted by Crippen LogP contribution is -2.39. The minimum Gasteiger partial charge on any atom is -0.388 e. The van der Waals surface area contributed by atoms with Gasteiger partial charge < -0.3 is 29.5 Å². The highest BCUT2D eigenvalue weighted by Gasteiger charge is 2.50. The van der Waals surface area contributed by atoms with Gasteiger partial charge in [0, 0.05) is 0 Å². The van der Waals surface area contributed by atoms with Crippen molar-refractivity contribution >= 4 is 31.3 Å². The zero-order chi connectivity index (χ0) is 19.3. The molecular formula is C10H20B2O12P2. The van der Waals surface area contributed by atoms with Crippen LogP contribution < -0.4 is 0 Å². The molecule has 0 aromatic carbocycles. The second kappa shape index (κ2) is 7.55. The van der Waals surface area contributed by atoms with E-state index in [2.05, 4.69) is 0 Å². The highest BCUT2D eigenvalue weighted by molar-refractivity contribution is 7.47. The molecular weight excluding hydrogens is 396 g/mol. The van der Waals surface area contributed by atoms with Crippen LogP contribution in [0.25, 0.3) is 0 Å². The lowest BCUT2D eigenvalue weighted by Gasteiger charge is -2.28. The third-order valence-electron chi connectivity index (χ3n) is 4.46. The topological polar surface area (TPSA) is 170 Å². The molecule has 0 aromatic heterocycles. The van der Waals surface area contributed by atoms with Gasteiger partial charge in [0.2, 0.25) is 0 Å². The molecule has 12 nitrogen and oxygen atoms in total. The number of phosphoric acid groups is 2. The van der Waals surface area contributed by atoms with Gasteiger partial charge in [-0.1, -0.05) is 0 Å². The van der Waals surface area contributed by atoms with Crippen molar-refractivity contribution in [1.29, 1.82) is 0 Å². The Labute approximate surface area is 150 Å². The fraction of sp³-hybridized carbons (Fsp3) is 1.00. The second-order valence-corrected chi connectivity index (χ2v) is 9.22. The van der Waals surface area contributed by atoms with Crippen molar-refractivity contribution < 1.29 is 56.7 Å². The van der Waals surface area contributed by atoms with E-state index in [0.717, 1.165) is 0 Å². The van der Waals surface area contributed by atoms with Crippen molar-refractivity contribution in [3.05, 3.63) is 0 Å². The van der Waals surface area contributed by atoms with Crippen molar-refractivity contribution in [2.24, 2.45) is 0 Å². The standard InChI is InChI=1S/C10H20B2O12P2/c11-9-5(13)7-3(21-9)1-19-25(15,16)24-8-4(22-10(12)6(8)14)2-20-26(17,18)23-7/h3-10,13-14H,1-2,11-12H2,(H,15,16)(H,17,18)/t3-,4-,5+,6?,7?,8+,9-,10-/m1/s1. The van der Waals surface area contributed by atoms with Crippen LogP contribution in [0.4, 0.5) is 0 Å². The van der Waals surface area contributed by atoms with E-state index in [1.54, 1.807) is 0 Å². The number of fused-ring (bicyclic) bond motifs is 2. The molecule has 4 N–H and O–H groups in total. The molecule has 3 heterocycles. The van der Waals surface area contributed by atoms with E-state index in [-0.39, 0.29) is 0 Å². The van der Waals surface area contributed by atoms with E-state index in [1.165, 1.54) is 15.7 Å². The first kappa shape index (κ1) is 20.9. The summed E-state index contributed by atoms with van der Waals surface area (Å²) in [5.41, 5.74) is 0. The summed E-state index contributed by atoms with van der Waals surface area (Å²) >= 11 is 0. The fourth-order valence-electron chi connectivity index (χ4n) is 3.07. The molecule has 10 atom stereocenters. The maximum absolute atomic E-state index is 12.2. The zero-order valence-electron chi connectivity index (χ0n) is 14.0. The number of rotatable bonds is 0. The molecule has 3 aliphatic rings. The van der Waals surface area contributed by atoms with Crippen LogP contribution in [-0.2, 0) is 36.7 Å². The lowest BCUT2D eigenvalue weighted by atomic mass is 9.93. The predicted octanol–water partition coefficient (Wildman–Crippen LogP) is -3.56. The summed E-state index contributed by atoms with van der Waals surface area (Å²) in [7, 11) is -6.29. The third-order valence-corrected chi connectivity index (χ3v) is 6.43. The van der Waals surface area contributed by atoms with E-state index in [9.17, 15) is 29.1 Å². The van der Waals surface area contributed by atoms with Crippen molar-refractivity contribution in [2.45, 2.75) is 48.6 Å². The van der Waals surface area contributed by atoms with E-state index >= 15 is 0 Å². The zero-order valence-corrected chi connectivity index (χ0v) is 15.8. The van der Waals surface area contributed by atoms with Crippen LogP contribution in [0.1, 0.15) is 0 Å². The van der Waals surface area contributed by atoms with Crippen molar-refractivity contribution in [2.75, 3.05) is 13.2 Å². The summed E-state index contributed by atoms with van der Waals surface area (Å²) in [6, 6.07) is -1.55. The van der Waals surface area contributed by atoms with Gasteiger partial charge in [0.1, 0.15) is 52.3 Å². The molecule has 3 rings (SSSR count). The predicted molar refractivity (Wildman–Crippen MR) is 87.7 cm³/mol. The molecule has 3 saturated heterocycles. The molecule has 3 fully saturated rings. The highest BCUT2D eigenvalue weighted by atomic mass is 31.2. The van der Waals surface area contributed by atoms with Gasteiger partial charge in [0.25, 0.3) is 0 Å². The smallest absolute Gasteiger partial charge is 0.388 e. The maximum Gasteiger partial charge on any atom is 0.472 e. The molecule has 16 heteroatoms. The van der Waals surface area contributed by atoms with Crippen LogP contribution in [0.15, 0.2) is 0 Å². The minimum atomic E-state index is -4.64. The van der Waals surface area contributed by atoms with Gasteiger partial charge in [-0.05, 0) is 0 Å². The Morgan fingerprint density at radius 1 is 0.769 bits per heavy atom. The normalized spacial score (nSPS) is 56.2. The van der Waals surface area contributed by atoms with Crippen LogP contribution in [0.3, 0.4) is 0 Å². The molecule has 3 aliphatic heterocycles. The number of aliphatic hydroxyl groups excluding tert-OH is 2. The van der Waals surface area contributed by atoms with Gasteiger partial charge in [-0.15, -0.1) is 0 Å². The fourth-order valence-corrected chi connectivity index (χ4v) is 5.00. The van der Waals surface area contributed by atoms with Crippen molar-refractivity contribution in [1.82, 2.24) is 0 Å². The average molecular weight is 416 g/mol. The van der Waals surface area contributed by atoms with Crippen molar-refractivity contribution in [3.8, 4) is 0 Å². The van der Waals surface area contributed by atoms with Crippen LogP contribution in [0, 0.1) is 0 Å². The van der Waals surface area contributed by atoms with Gasteiger partial charge in [-0.2, -0.15) is 0 Å². The number of aliphatic hydroxyl groups is 2. The van der Waals surface area contributed by atoms with Gasteiger partial charge in [0.05, 0.1) is 25.2 Å². The molecule has 0 radical (unpaired) electrons. The maximum atomic E-state index is 12.2. The lowest BCUT2D eigenvalue weighted by molar-refractivity contribution is -0.0489. The Balaban J connectivity index is 1.85. The summed E-state index contributed by atoms with van der Waals surface area (Å²) in [5.74, 6) is 0. The summed E-state index contributed by atoms with van der Waals surface area (Å²) in [5, 5.41) is 20.1. The first-order valence-corrected chi connectivity index (χ1v) is 11.0. The first-order chi connectivity index (χ1) is 12.0. The molecule has 0 spiro atoms. The van der Waals surface area contributed by atoms with Gasteiger partial charge >= 0.3 is 15.6 Å². The second-order valence-electron chi connectivity index (χ2n) is 6.41.